The van der Waals surface area contributed by atoms with E-state index in [0.717, 1.165) is 31.2 Å². The lowest BCUT2D eigenvalue weighted by Crippen LogP contribution is -2.16. The van der Waals surface area contributed by atoms with Crippen LogP contribution < -0.4 is 5.32 Å². The lowest BCUT2D eigenvalue weighted by molar-refractivity contribution is 0.0601. The van der Waals surface area contributed by atoms with Crippen molar-refractivity contribution in [3.8, 4) is 0 Å². The summed E-state index contributed by atoms with van der Waals surface area (Å²) in [5, 5.41) is 3.36. The molecule has 3 rings (SSSR count). The maximum absolute atomic E-state index is 12.2. The standard InChI is InChI=1S/C17H19NO4S/c1-3-10-6-7-11-13(9-10)23-16(14(11)17(20)21-2)18-15(19)12-5-4-8-22-12/h4-5,8,10H,3,6-7,9H2,1-2H3,(H,18,19). The van der Waals surface area contributed by atoms with Gasteiger partial charge in [0, 0.05) is 4.88 Å². The van der Waals surface area contributed by atoms with Gasteiger partial charge in [-0.05, 0) is 42.9 Å². The molecule has 1 unspecified atom stereocenters. The third kappa shape index (κ3) is 3.03. The highest BCUT2D eigenvalue weighted by Crippen LogP contribution is 2.40. The first-order valence-corrected chi connectivity index (χ1v) is 8.53. The van der Waals surface area contributed by atoms with Gasteiger partial charge in [0.05, 0.1) is 18.9 Å². The molecule has 0 fully saturated rings. The topological polar surface area (TPSA) is 68.5 Å². The third-order valence-corrected chi connectivity index (χ3v) is 5.48. The van der Waals surface area contributed by atoms with Crippen LogP contribution in [0.15, 0.2) is 22.8 Å². The number of fused-ring (bicyclic) bond motifs is 1. The van der Waals surface area contributed by atoms with Crippen LogP contribution in [0.3, 0.4) is 0 Å². The van der Waals surface area contributed by atoms with Gasteiger partial charge in [-0.1, -0.05) is 13.3 Å². The summed E-state index contributed by atoms with van der Waals surface area (Å²) in [6.07, 6.45) is 5.44. The molecule has 6 heteroatoms. The zero-order chi connectivity index (χ0) is 16.4. The lowest BCUT2D eigenvalue weighted by atomic mass is 9.86. The van der Waals surface area contributed by atoms with Crippen molar-refractivity contribution in [2.24, 2.45) is 5.92 Å². The average molecular weight is 333 g/mol. The molecule has 0 aromatic carbocycles. The van der Waals surface area contributed by atoms with Gasteiger partial charge in [0.1, 0.15) is 5.00 Å². The summed E-state index contributed by atoms with van der Waals surface area (Å²) in [5.74, 6) is 0.108. The quantitative estimate of drug-likeness (QED) is 0.862. The highest BCUT2D eigenvalue weighted by Gasteiger charge is 2.29. The van der Waals surface area contributed by atoms with E-state index in [1.807, 2.05) is 0 Å². The number of hydrogen-bond acceptors (Lipinski definition) is 5. The van der Waals surface area contributed by atoms with Crippen LogP contribution in [0, 0.1) is 5.92 Å². The molecule has 0 aliphatic heterocycles. The normalized spacial score (nSPS) is 16.7. The van der Waals surface area contributed by atoms with Gasteiger partial charge in [0.2, 0.25) is 0 Å². The van der Waals surface area contributed by atoms with Crippen LogP contribution in [0.1, 0.15) is 51.1 Å². The van der Waals surface area contributed by atoms with Crippen molar-refractivity contribution in [2.75, 3.05) is 12.4 Å². The highest BCUT2D eigenvalue weighted by atomic mass is 32.1. The summed E-state index contributed by atoms with van der Waals surface area (Å²) in [4.78, 5) is 25.6. The van der Waals surface area contributed by atoms with E-state index in [4.69, 9.17) is 9.15 Å². The maximum atomic E-state index is 12.2. The van der Waals surface area contributed by atoms with E-state index in [9.17, 15) is 9.59 Å². The van der Waals surface area contributed by atoms with E-state index in [1.165, 1.54) is 29.6 Å². The minimum atomic E-state index is -0.396. The lowest BCUT2D eigenvalue weighted by Gasteiger charge is -2.20. The van der Waals surface area contributed by atoms with E-state index < -0.39 is 5.97 Å². The predicted molar refractivity (Wildman–Crippen MR) is 88.1 cm³/mol. The van der Waals surface area contributed by atoms with Crippen molar-refractivity contribution in [2.45, 2.75) is 32.6 Å². The van der Waals surface area contributed by atoms with Crippen molar-refractivity contribution < 1.29 is 18.7 Å². The number of carbonyl (C=O) groups excluding carboxylic acids is 2. The minimum absolute atomic E-state index is 0.221. The molecule has 1 atom stereocenters. The Labute approximate surface area is 138 Å². The molecule has 1 aliphatic rings. The summed E-state index contributed by atoms with van der Waals surface area (Å²) in [6, 6.07) is 3.25. The Morgan fingerprint density at radius 1 is 1.48 bits per heavy atom. The van der Waals surface area contributed by atoms with E-state index >= 15 is 0 Å². The molecule has 2 aromatic rings. The first-order valence-electron chi connectivity index (χ1n) is 7.71. The molecular weight excluding hydrogens is 314 g/mol. The van der Waals surface area contributed by atoms with Crippen LogP contribution in [0.25, 0.3) is 0 Å². The molecule has 1 amide bonds. The number of methoxy groups -OCH3 is 1. The second-order valence-electron chi connectivity index (χ2n) is 5.65. The number of esters is 1. The van der Waals surface area contributed by atoms with Crippen LogP contribution in [-0.2, 0) is 17.6 Å². The van der Waals surface area contributed by atoms with E-state index in [2.05, 4.69) is 12.2 Å². The minimum Gasteiger partial charge on any atom is -0.465 e. The monoisotopic (exact) mass is 333 g/mol. The molecule has 1 N–H and O–H groups in total. The first kappa shape index (κ1) is 15.8. The van der Waals surface area contributed by atoms with E-state index in [0.29, 0.717) is 16.5 Å². The summed E-state index contributed by atoms with van der Waals surface area (Å²) in [5.41, 5.74) is 1.53. The maximum Gasteiger partial charge on any atom is 0.341 e. The van der Waals surface area contributed by atoms with Gasteiger partial charge in [-0.15, -0.1) is 11.3 Å². The molecular formula is C17H19NO4S. The number of ether oxygens (including phenoxy) is 1. The number of nitrogens with one attached hydrogen (secondary N) is 1. The Morgan fingerprint density at radius 2 is 2.30 bits per heavy atom. The smallest absolute Gasteiger partial charge is 0.341 e. The fourth-order valence-corrected chi connectivity index (χ4v) is 4.33. The van der Waals surface area contributed by atoms with Crippen LogP contribution in [0.4, 0.5) is 5.00 Å². The predicted octanol–water partition coefficient (Wildman–Crippen LogP) is 3.89. The Kier molecular flexibility index (Phi) is 4.52. The average Bonchev–Trinajstić information content (AvgIpc) is 3.20. The number of carbonyl (C=O) groups is 2. The molecule has 1 aliphatic carbocycles. The van der Waals surface area contributed by atoms with Gasteiger partial charge >= 0.3 is 5.97 Å². The largest absolute Gasteiger partial charge is 0.465 e. The van der Waals surface area contributed by atoms with E-state index in [-0.39, 0.29) is 11.7 Å². The summed E-state index contributed by atoms with van der Waals surface area (Å²) < 4.78 is 10.0. The second kappa shape index (κ2) is 6.58. The van der Waals surface area contributed by atoms with Gasteiger partial charge in [-0.25, -0.2) is 4.79 Å². The molecule has 122 valence electrons. The van der Waals surface area contributed by atoms with Crippen molar-refractivity contribution in [3.63, 3.8) is 0 Å². The molecule has 23 heavy (non-hydrogen) atoms. The molecule has 0 saturated carbocycles. The highest BCUT2D eigenvalue weighted by molar-refractivity contribution is 7.17. The van der Waals surface area contributed by atoms with Crippen LogP contribution in [0.2, 0.25) is 0 Å². The zero-order valence-corrected chi connectivity index (χ0v) is 14.0. The van der Waals surface area contributed by atoms with E-state index in [1.54, 1.807) is 12.1 Å². The fourth-order valence-electron chi connectivity index (χ4n) is 2.98. The Bertz CT molecular complexity index is 717. The Hall–Kier alpha value is -2.08. The number of anilines is 1. The van der Waals surface area contributed by atoms with Gasteiger partial charge in [-0.2, -0.15) is 0 Å². The van der Waals surface area contributed by atoms with Gasteiger partial charge in [0.15, 0.2) is 5.76 Å². The fraction of sp³-hybridized carbons (Fsp3) is 0.412. The van der Waals surface area contributed by atoms with Crippen molar-refractivity contribution >= 4 is 28.2 Å². The molecule has 0 spiro atoms. The van der Waals surface area contributed by atoms with Crippen molar-refractivity contribution in [1.82, 2.24) is 0 Å². The molecule has 0 radical (unpaired) electrons. The first-order chi connectivity index (χ1) is 11.1. The number of thiophene rings is 1. The molecule has 2 aromatic heterocycles. The molecule has 5 nitrogen and oxygen atoms in total. The van der Waals surface area contributed by atoms with Crippen LogP contribution in [-0.4, -0.2) is 19.0 Å². The number of amides is 1. The Balaban J connectivity index is 1.94. The molecule has 2 heterocycles. The van der Waals surface area contributed by atoms with Gasteiger partial charge < -0.3 is 14.5 Å². The summed E-state index contributed by atoms with van der Waals surface area (Å²) >= 11 is 1.48. The SMILES string of the molecule is CCC1CCc2c(sc(NC(=O)c3ccco3)c2C(=O)OC)C1. The number of rotatable bonds is 4. The van der Waals surface area contributed by atoms with Crippen molar-refractivity contribution in [3.05, 3.63) is 40.2 Å². The molecule has 0 bridgehead atoms. The number of hydrogen-bond donors (Lipinski definition) is 1. The third-order valence-electron chi connectivity index (χ3n) is 4.31. The molecule has 0 saturated heterocycles. The Morgan fingerprint density at radius 3 is 2.96 bits per heavy atom. The summed E-state index contributed by atoms with van der Waals surface area (Å²) in [6.45, 7) is 2.18. The number of furan rings is 1. The van der Waals surface area contributed by atoms with Crippen molar-refractivity contribution in [1.29, 1.82) is 0 Å². The summed E-state index contributed by atoms with van der Waals surface area (Å²) in [7, 11) is 1.36. The zero-order valence-electron chi connectivity index (χ0n) is 13.2. The van der Waals surface area contributed by atoms with Crippen LogP contribution in [0.5, 0.6) is 0 Å². The van der Waals surface area contributed by atoms with Crippen LogP contribution >= 0.6 is 11.3 Å². The van der Waals surface area contributed by atoms with Gasteiger partial charge in [-0.3, -0.25) is 4.79 Å². The van der Waals surface area contributed by atoms with Gasteiger partial charge in [0.25, 0.3) is 5.91 Å². The second-order valence-corrected chi connectivity index (χ2v) is 6.75.